The summed E-state index contributed by atoms with van der Waals surface area (Å²) in [6.45, 7) is 5.82. The van der Waals surface area contributed by atoms with Crippen molar-refractivity contribution in [3.05, 3.63) is 102 Å². The van der Waals surface area contributed by atoms with Crippen molar-refractivity contribution >= 4 is 23.0 Å². The maximum absolute atomic E-state index is 11.2. The fourth-order valence-electron chi connectivity index (χ4n) is 3.03. The van der Waals surface area contributed by atoms with E-state index in [9.17, 15) is 9.90 Å². The molecule has 0 unspecified atom stereocenters. The van der Waals surface area contributed by atoms with Crippen LogP contribution in [0.2, 0.25) is 0 Å². The normalized spacial score (nSPS) is 10.4. The third-order valence-corrected chi connectivity index (χ3v) is 4.67. The maximum atomic E-state index is 11.2. The molecule has 4 heteroatoms. The second kappa shape index (κ2) is 9.71. The van der Waals surface area contributed by atoms with Crippen LogP contribution in [0.25, 0.3) is 0 Å². The van der Waals surface area contributed by atoms with Gasteiger partial charge < -0.3 is 14.7 Å². The Labute approximate surface area is 171 Å². The zero-order valence-corrected chi connectivity index (χ0v) is 16.5. The molecular weight excluding hydrogens is 362 g/mol. The fourth-order valence-corrected chi connectivity index (χ4v) is 3.03. The third-order valence-electron chi connectivity index (χ3n) is 4.67. The first-order valence-electron chi connectivity index (χ1n) is 9.55. The number of esters is 1. The molecule has 1 N–H and O–H groups in total. The summed E-state index contributed by atoms with van der Waals surface area (Å²) in [5, 5.41) is 9.33. The standard InChI is InChI=1S/C25H25NO3/c1-3-25(28)29-17-16-20-6-12-23(13-7-20)26(22-10-4-19(2)5-11-22)24-14-8-21(18-27)9-15-24/h3-15,27H,1,16-18H2,2H3. The monoisotopic (exact) mass is 387 g/mol. The molecule has 0 aliphatic carbocycles. The maximum Gasteiger partial charge on any atom is 0.330 e. The zero-order chi connectivity index (χ0) is 20.6. The van der Waals surface area contributed by atoms with Gasteiger partial charge in [-0.3, -0.25) is 0 Å². The second-order valence-electron chi connectivity index (χ2n) is 6.78. The lowest BCUT2D eigenvalue weighted by atomic mass is 10.1. The Balaban J connectivity index is 1.86. The van der Waals surface area contributed by atoms with Crippen molar-refractivity contribution in [3.8, 4) is 0 Å². The van der Waals surface area contributed by atoms with Gasteiger partial charge in [-0.25, -0.2) is 4.79 Å². The summed E-state index contributed by atoms with van der Waals surface area (Å²) in [5.41, 5.74) is 6.26. The number of carbonyl (C=O) groups is 1. The van der Waals surface area contributed by atoms with Crippen molar-refractivity contribution in [2.75, 3.05) is 11.5 Å². The number of aryl methyl sites for hydroxylation is 1. The molecule has 3 aromatic carbocycles. The molecule has 4 nitrogen and oxygen atoms in total. The molecule has 0 saturated carbocycles. The summed E-state index contributed by atoms with van der Waals surface area (Å²) in [6.07, 6.45) is 1.82. The van der Waals surface area contributed by atoms with Crippen molar-refractivity contribution in [2.45, 2.75) is 20.0 Å². The Morgan fingerprint density at radius 2 is 1.38 bits per heavy atom. The van der Waals surface area contributed by atoms with Crippen molar-refractivity contribution in [1.29, 1.82) is 0 Å². The lowest BCUT2D eigenvalue weighted by Gasteiger charge is -2.26. The summed E-state index contributed by atoms with van der Waals surface area (Å²) >= 11 is 0. The van der Waals surface area contributed by atoms with Gasteiger partial charge in [-0.1, -0.05) is 48.5 Å². The molecule has 148 valence electrons. The predicted octanol–water partition coefficient (Wildman–Crippen LogP) is 5.23. The van der Waals surface area contributed by atoms with Gasteiger partial charge in [0.2, 0.25) is 0 Å². The van der Waals surface area contributed by atoms with E-state index in [1.807, 2.05) is 36.4 Å². The zero-order valence-electron chi connectivity index (χ0n) is 16.5. The van der Waals surface area contributed by atoms with Gasteiger partial charge >= 0.3 is 5.97 Å². The first kappa shape index (κ1) is 20.4. The molecule has 0 fully saturated rings. The third kappa shape index (κ3) is 5.33. The summed E-state index contributed by atoms with van der Waals surface area (Å²) in [7, 11) is 0. The Morgan fingerprint density at radius 1 is 0.897 bits per heavy atom. The lowest BCUT2D eigenvalue weighted by Crippen LogP contribution is -2.10. The van der Waals surface area contributed by atoms with E-state index in [0.29, 0.717) is 13.0 Å². The van der Waals surface area contributed by atoms with Gasteiger partial charge in [0.05, 0.1) is 13.2 Å². The van der Waals surface area contributed by atoms with Crippen LogP contribution >= 0.6 is 0 Å². The Bertz CT molecular complexity index is 945. The average Bonchev–Trinajstić information content (AvgIpc) is 2.76. The number of aliphatic hydroxyl groups is 1. The Hall–Kier alpha value is -3.37. The smallest absolute Gasteiger partial charge is 0.330 e. The number of hydrogen-bond donors (Lipinski definition) is 1. The minimum Gasteiger partial charge on any atom is -0.462 e. The summed E-state index contributed by atoms with van der Waals surface area (Å²) in [6, 6.07) is 24.4. The van der Waals surface area contributed by atoms with Gasteiger partial charge in [-0.15, -0.1) is 0 Å². The first-order chi connectivity index (χ1) is 14.1. The minimum atomic E-state index is -0.404. The van der Waals surface area contributed by atoms with Gasteiger partial charge in [-0.2, -0.15) is 0 Å². The predicted molar refractivity (Wildman–Crippen MR) is 117 cm³/mol. The summed E-state index contributed by atoms with van der Waals surface area (Å²) < 4.78 is 5.06. The van der Waals surface area contributed by atoms with Gasteiger partial charge in [0.15, 0.2) is 0 Å². The fraction of sp³-hybridized carbons (Fsp3) is 0.160. The molecule has 0 bridgehead atoms. The summed E-state index contributed by atoms with van der Waals surface area (Å²) in [5.74, 6) is -0.404. The molecule has 0 aliphatic heterocycles. The molecule has 0 aliphatic rings. The molecular formula is C25H25NO3. The number of benzene rings is 3. The van der Waals surface area contributed by atoms with E-state index in [1.54, 1.807) is 0 Å². The molecule has 3 rings (SSSR count). The van der Waals surface area contributed by atoms with Crippen LogP contribution in [0.5, 0.6) is 0 Å². The van der Waals surface area contributed by atoms with Gasteiger partial charge in [-0.05, 0) is 54.4 Å². The average molecular weight is 387 g/mol. The molecule has 0 aromatic heterocycles. The number of nitrogens with zero attached hydrogens (tertiary/aromatic N) is 1. The highest BCUT2D eigenvalue weighted by atomic mass is 16.5. The van der Waals surface area contributed by atoms with E-state index < -0.39 is 5.97 Å². The van der Waals surface area contributed by atoms with Crippen LogP contribution in [0.1, 0.15) is 16.7 Å². The highest BCUT2D eigenvalue weighted by Gasteiger charge is 2.12. The number of aliphatic hydroxyl groups excluding tert-OH is 1. The SMILES string of the molecule is C=CC(=O)OCCc1ccc(N(c2ccc(C)cc2)c2ccc(CO)cc2)cc1. The number of anilines is 3. The topological polar surface area (TPSA) is 49.8 Å². The highest BCUT2D eigenvalue weighted by molar-refractivity contribution is 5.81. The van der Waals surface area contributed by atoms with E-state index >= 15 is 0 Å². The lowest BCUT2D eigenvalue weighted by molar-refractivity contribution is -0.137. The molecule has 0 radical (unpaired) electrons. The van der Waals surface area contributed by atoms with E-state index in [4.69, 9.17) is 4.74 Å². The minimum absolute atomic E-state index is 0.0237. The van der Waals surface area contributed by atoms with E-state index in [2.05, 4.69) is 54.8 Å². The van der Waals surface area contributed by atoms with Crippen molar-refractivity contribution in [2.24, 2.45) is 0 Å². The molecule has 0 spiro atoms. The number of carbonyl (C=O) groups excluding carboxylic acids is 1. The van der Waals surface area contributed by atoms with Crippen LogP contribution < -0.4 is 4.90 Å². The van der Waals surface area contributed by atoms with Crippen LogP contribution in [-0.2, 0) is 22.6 Å². The van der Waals surface area contributed by atoms with Gasteiger partial charge in [0.1, 0.15) is 0 Å². The molecule has 0 saturated heterocycles. The van der Waals surface area contributed by atoms with Crippen LogP contribution in [0.3, 0.4) is 0 Å². The largest absolute Gasteiger partial charge is 0.462 e. The molecule has 0 atom stereocenters. The number of hydrogen-bond acceptors (Lipinski definition) is 4. The van der Waals surface area contributed by atoms with E-state index in [1.165, 1.54) is 11.6 Å². The van der Waals surface area contributed by atoms with Gasteiger partial charge in [0, 0.05) is 29.6 Å². The molecule has 0 amide bonds. The molecule has 29 heavy (non-hydrogen) atoms. The summed E-state index contributed by atoms with van der Waals surface area (Å²) in [4.78, 5) is 13.3. The van der Waals surface area contributed by atoms with Crippen molar-refractivity contribution in [1.82, 2.24) is 0 Å². The quantitative estimate of drug-likeness (QED) is 0.425. The van der Waals surface area contributed by atoms with Gasteiger partial charge in [0.25, 0.3) is 0 Å². The van der Waals surface area contributed by atoms with Crippen molar-refractivity contribution in [3.63, 3.8) is 0 Å². The van der Waals surface area contributed by atoms with Crippen LogP contribution in [0.15, 0.2) is 85.5 Å². The highest BCUT2D eigenvalue weighted by Crippen LogP contribution is 2.34. The number of rotatable bonds is 8. The van der Waals surface area contributed by atoms with Crippen molar-refractivity contribution < 1.29 is 14.6 Å². The van der Waals surface area contributed by atoms with E-state index in [-0.39, 0.29) is 6.61 Å². The molecule has 3 aromatic rings. The second-order valence-corrected chi connectivity index (χ2v) is 6.78. The Kier molecular flexibility index (Phi) is 6.82. The van der Waals surface area contributed by atoms with Crippen LogP contribution in [0, 0.1) is 6.92 Å². The molecule has 0 heterocycles. The Morgan fingerprint density at radius 3 is 1.86 bits per heavy atom. The number of ether oxygens (including phenoxy) is 1. The van der Waals surface area contributed by atoms with Crippen LogP contribution in [-0.4, -0.2) is 17.7 Å². The van der Waals surface area contributed by atoms with Crippen LogP contribution in [0.4, 0.5) is 17.1 Å². The first-order valence-corrected chi connectivity index (χ1v) is 9.55. The van der Waals surface area contributed by atoms with E-state index in [0.717, 1.165) is 28.2 Å².